The first-order valence-corrected chi connectivity index (χ1v) is 7.20. The summed E-state index contributed by atoms with van der Waals surface area (Å²) < 4.78 is 19.4. The average Bonchev–Trinajstić information content (AvgIpc) is 2.20. The van der Waals surface area contributed by atoms with Crippen molar-refractivity contribution >= 4 is 7.82 Å². The molecule has 0 aromatic rings. The molecule has 0 aliphatic carbocycles. The van der Waals surface area contributed by atoms with Crippen LogP contribution in [0.25, 0.3) is 0 Å². The first-order valence-electron chi connectivity index (χ1n) is 5.74. The Morgan fingerprint density at radius 3 is 2.44 bits per heavy atom. The highest BCUT2D eigenvalue weighted by Crippen LogP contribution is 2.23. The number of phosphoric acid groups is 1. The van der Waals surface area contributed by atoms with Gasteiger partial charge < -0.3 is 23.6 Å². The molecular formula is C10H21O5P-2. The summed E-state index contributed by atoms with van der Waals surface area (Å²) in [5.74, 6) is 0.506. The first kappa shape index (κ1) is 16.1. The normalized spacial score (nSPS) is 14.0. The predicted octanol–water partition coefficient (Wildman–Crippen LogP) is 1.06. The second kappa shape index (κ2) is 9.14. The van der Waals surface area contributed by atoms with E-state index in [2.05, 4.69) is 18.4 Å². The molecule has 0 saturated heterocycles. The zero-order valence-electron chi connectivity index (χ0n) is 10.0. The van der Waals surface area contributed by atoms with Gasteiger partial charge in [0.05, 0.1) is 21.0 Å². The average molecular weight is 252 g/mol. The van der Waals surface area contributed by atoms with Gasteiger partial charge in [-0.15, -0.1) is 0 Å². The molecule has 0 fully saturated rings. The van der Waals surface area contributed by atoms with Crippen molar-refractivity contribution in [2.45, 2.75) is 39.5 Å². The molecule has 6 heteroatoms. The fourth-order valence-electron chi connectivity index (χ4n) is 1.36. The SMILES string of the molecule is CCCCC(CC)COCCOP(=O)([O-])[O-]. The Morgan fingerprint density at radius 2 is 1.94 bits per heavy atom. The van der Waals surface area contributed by atoms with Gasteiger partial charge in [-0.3, -0.25) is 0 Å². The van der Waals surface area contributed by atoms with E-state index in [1.807, 2.05) is 0 Å². The Bertz CT molecular complexity index is 203. The van der Waals surface area contributed by atoms with Crippen LogP contribution in [-0.2, 0) is 13.8 Å². The van der Waals surface area contributed by atoms with Crippen LogP contribution in [0.5, 0.6) is 0 Å². The Labute approximate surface area is 97.4 Å². The van der Waals surface area contributed by atoms with Crippen molar-refractivity contribution in [1.82, 2.24) is 0 Å². The van der Waals surface area contributed by atoms with Gasteiger partial charge in [-0.25, -0.2) is 0 Å². The minimum Gasteiger partial charge on any atom is -0.790 e. The third-order valence-electron chi connectivity index (χ3n) is 2.37. The van der Waals surface area contributed by atoms with Crippen molar-refractivity contribution in [2.24, 2.45) is 5.92 Å². The topological polar surface area (TPSA) is 81.7 Å². The van der Waals surface area contributed by atoms with Gasteiger partial charge >= 0.3 is 0 Å². The maximum atomic E-state index is 10.1. The standard InChI is InChI=1S/C10H23O5P/c1-3-5-6-10(4-2)9-14-7-8-15-16(11,12)13/h10H,3-9H2,1-2H3,(H2,11,12,13)/p-2. The Hall–Kier alpha value is 0.0700. The number of hydrogen-bond donors (Lipinski definition) is 0. The Morgan fingerprint density at radius 1 is 1.25 bits per heavy atom. The van der Waals surface area contributed by atoms with Gasteiger partial charge in [0.25, 0.3) is 0 Å². The van der Waals surface area contributed by atoms with Crippen molar-refractivity contribution in [3.63, 3.8) is 0 Å². The maximum absolute atomic E-state index is 10.1. The molecule has 0 aliphatic heterocycles. The molecule has 0 aromatic carbocycles. The number of hydrogen-bond acceptors (Lipinski definition) is 5. The summed E-state index contributed by atoms with van der Waals surface area (Å²) in [6.07, 6.45) is 4.50. The van der Waals surface area contributed by atoms with Gasteiger partial charge in [0.2, 0.25) is 0 Å². The summed E-state index contributed by atoms with van der Waals surface area (Å²) in [4.78, 5) is 20.2. The predicted molar refractivity (Wildman–Crippen MR) is 57.7 cm³/mol. The van der Waals surface area contributed by atoms with Crippen LogP contribution in [0.4, 0.5) is 0 Å². The van der Waals surface area contributed by atoms with Crippen molar-refractivity contribution in [3.05, 3.63) is 0 Å². The lowest BCUT2D eigenvalue weighted by atomic mass is 10.0. The van der Waals surface area contributed by atoms with Crippen molar-refractivity contribution in [1.29, 1.82) is 0 Å². The molecule has 0 amide bonds. The smallest absolute Gasteiger partial charge is 0.0752 e. The van der Waals surface area contributed by atoms with Crippen LogP contribution in [0.1, 0.15) is 39.5 Å². The van der Waals surface area contributed by atoms with Crippen LogP contribution in [0.3, 0.4) is 0 Å². The Kier molecular flexibility index (Phi) is 9.18. The minimum absolute atomic E-state index is 0.150. The fraction of sp³-hybridized carbons (Fsp3) is 1.00. The second-order valence-electron chi connectivity index (χ2n) is 3.77. The number of phosphoric ester groups is 1. The second-order valence-corrected chi connectivity index (χ2v) is 4.92. The summed E-state index contributed by atoms with van der Waals surface area (Å²) in [5, 5.41) is 0. The van der Waals surface area contributed by atoms with E-state index >= 15 is 0 Å². The van der Waals surface area contributed by atoms with E-state index in [0.717, 1.165) is 19.3 Å². The van der Waals surface area contributed by atoms with Crippen LogP contribution < -0.4 is 9.79 Å². The van der Waals surface area contributed by atoms with Crippen molar-refractivity contribution < 1.29 is 23.6 Å². The highest BCUT2D eigenvalue weighted by atomic mass is 31.2. The summed E-state index contributed by atoms with van der Waals surface area (Å²) in [6.45, 7) is 4.80. The molecule has 0 aromatic heterocycles. The van der Waals surface area contributed by atoms with E-state index < -0.39 is 7.82 Å². The molecule has 0 saturated carbocycles. The van der Waals surface area contributed by atoms with E-state index in [4.69, 9.17) is 4.74 Å². The number of rotatable bonds is 10. The third-order valence-corrected chi connectivity index (χ3v) is 2.87. The molecule has 5 nitrogen and oxygen atoms in total. The highest BCUT2D eigenvalue weighted by molar-refractivity contribution is 7.43. The number of ether oxygens (including phenoxy) is 1. The summed E-state index contributed by atoms with van der Waals surface area (Å²) in [7, 11) is -4.83. The van der Waals surface area contributed by atoms with Crippen LogP contribution in [0.15, 0.2) is 0 Å². The first-order chi connectivity index (χ1) is 7.49. The monoisotopic (exact) mass is 252 g/mol. The molecule has 1 unspecified atom stereocenters. The fourth-order valence-corrected chi connectivity index (χ4v) is 1.65. The Balaban J connectivity index is 3.44. The van der Waals surface area contributed by atoms with Crippen molar-refractivity contribution in [2.75, 3.05) is 19.8 Å². The summed E-state index contributed by atoms with van der Waals surface area (Å²) in [5.41, 5.74) is 0. The molecule has 0 N–H and O–H groups in total. The van der Waals surface area contributed by atoms with Crippen LogP contribution in [-0.4, -0.2) is 19.8 Å². The number of unbranched alkanes of at least 4 members (excludes halogenated alkanes) is 1. The zero-order valence-corrected chi connectivity index (χ0v) is 10.9. The highest BCUT2D eigenvalue weighted by Gasteiger charge is 2.05. The van der Waals surface area contributed by atoms with E-state index in [9.17, 15) is 14.4 Å². The molecule has 0 heterocycles. The lowest BCUT2D eigenvalue weighted by Crippen LogP contribution is -2.19. The summed E-state index contributed by atoms with van der Waals surface area (Å²) >= 11 is 0. The van der Waals surface area contributed by atoms with E-state index in [0.29, 0.717) is 12.5 Å². The molecule has 16 heavy (non-hydrogen) atoms. The molecule has 0 bridgehead atoms. The zero-order chi connectivity index (χ0) is 12.4. The molecular weight excluding hydrogens is 231 g/mol. The molecule has 0 aliphatic rings. The van der Waals surface area contributed by atoms with Gasteiger partial charge in [-0.1, -0.05) is 33.1 Å². The van der Waals surface area contributed by atoms with Crippen LogP contribution >= 0.6 is 7.82 Å². The maximum Gasteiger partial charge on any atom is 0.0752 e. The van der Waals surface area contributed by atoms with Gasteiger partial charge in [-0.2, -0.15) is 0 Å². The lowest BCUT2D eigenvalue weighted by Gasteiger charge is -2.28. The minimum atomic E-state index is -4.83. The van der Waals surface area contributed by atoms with Crippen LogP contribution in [0.2, 0.25) is 0 Å². The van der Waals surface area contributed by atoms with Crippen LogP contribution in [0, 0.1) is 5.92 Å². The van der Waals surface area contributed by atoms with Gasteiger partial charge in [0.1, 0.15) is 0 Å². The third kappa shape index (κ3) is 10.6. The molecule has 0 spiro atoms. The van der Waals surface area contributed by atoms with Gasteiger partial charge in [0, 0.05) is 6.61 Å². The molecule has 98 valence electrons. The van der Waals surface area contributed by atoms with E-state index in [1.54, 1.807) is 0 Å². The van der Waals surface area contributed by atoms with Crippen molar-refractivity contribution in [3.8, 4) is 0 Å². The quantitative estimate of drug-likeness (QED) is 0.429. The molecule has 0 radical (unpaired) electrons. The van der Waals surface area contributed by atoms with Gasteiger partial charge in [-0.05, 0) is 12.3 Å². The largest absolute Gasteiger partial charge is 0.790 e. The molecule has 1 atom stereocenters. The van der Waals surface area contributed by atoms with Gasteiger partial charge in [0.15, 0.2) is 0 Å². The van der Waals surface area contributed by atoms with E-state index in [1.165, 1.54) is 6.42 Å². The summed E-state index contributed by atoms with van der Waals surface area (Å²) in [6, 6.07) is 0. The molecule has 0 rings (SSSR count). The van der Waals surface area contributed by atoms with E-state index in [-0.39, 0.29) is 13.2 Å². The lowest BCUT2D eigenvalue weighted by molar-refractivity contribution is -0.342.